The van der Waals surface area contributed by atoms with E-state index in [0.29, 0.717) is 20.6 Å². The van der Waals surface area contributed by atoms with Gasteiger partial charge in [-0.05, 0) is 47.5 Å². The van der Waals surface area contributed by atoms with E-state index in [1.807, 2.05) is 30.3 Å². The molecular weight excluding hydrogens is 389 g/mol. The first kappa shape index (κ1) is 17.2. The summed E-state index contributed by atoms with van der Waals surface area (Å²) >= 11 is 18.6. The highest BCUT2D eigenvalue weighted by molar-refractivity contribution is 6.40. The number of rotatable bonds is 2. The predicted octanol–water partition coefficient (Wildman–Crippen LogP) is 6.56. The van der Waals surface area contributed by atoms with Gasteiger partial charge < -0.3 is 5.32 Å². The van der Waals surface area contributed by atoms with Crippen molar-refractivity contribution < 1.29 is 4.79 Å². The Morgan fingerprint density at radius 1 is 0.731 bits per heavy atom. The molecule has 2 nitrogen and oxygen atoms in total. The molecule has 0 atom stereocenters. The molecular formula is C21H12Cl3NO. The van der Waals surface area contributed by atoms with E-state index >= 15 is 0 Å². The molecule has 1 aliphatic heterocycles. The van der Waals surface area contributed by atoms with Gasteiger partial charge in [-0.25, -0.2) is 0 Å². The monoisotopic (exact) mass is 399 g/mol. The van der Waals surface area contributed by atoms with E-state index < -0.39 is 0 Å². The number of hydrogen-bond donors (Lipinski definition) is 1. The minimum absolute atomic E-state index is 0.183. The quantitative estimate of drug-likeness (QED) is 0.485. The molecule has 128 valence electrons. The molecule has 3 aromatic rings. The van der Waals surface area contributed by atoms with E-state index in [2.05, 4.69) is 5.32 Å². The first-order valence-corrected chi connectivity index (χ1v) is 9.04. The molecule has 0 aromatic heterocycles. The van der Waals surface area contributed by atoms with Gasteiger partial charge in [0, 0.05) is 31.9 Å². The highest BCUT2D eigenvalue weighted by atomic mass is 35.5. The number of hydrogen-bond acceptors (Lipinski definition) is 1. The highest BCUT2D eigenvalue weighted by Crippen LogP contribution is 2.41. The number of amides is 1. The largest absolute Gasteiger partial charge is 0.321 e. The van der Waals surface area contributed by atoms with Crippen LogP contribution >= 0.6 is 34.8 Å². The third-order valence-corrected chi connectivity index (χ3v) is 4.86. The predicted molar refractivity (Wildman–Crippen MR) is 109 cm³/mol. The Bertz CT molecular complexity index is 1040. The molecule has 1 aliphatic rings. The van der Waals surface area contributed by atoms with Gasteiger partial charge in [0.15, 0.2) is 0 Å². The lowest BCUT2D eigenvalue weighted by atomic mass is 9.90. The molecule has 0 saturated carbocycles. The Hall–Kier alpha value is -2.26. The first-order chi connectivity index (χ1) is 12.5. The van der Waals surface area contributed by atoms with Crippen LogP contribution in [0.15, 0.2) is 66.7 Å². The Labute approximate surface area is 166 Å². The number of fused-ring (bicyclic) bond motifs is 1. The molecule has 0 saturated heterocycles. The number of carbonyl (C=O) groups excluding carboxylic acids is 1. The van der Waals surface area contributed by atoms with Crippen molar-refractivity contribution in [3.8, 4) is 0 Å². The fraction of sp³-hybridized carbons (Fsp3) is 0. The summed E-state index contributed by atoms with van der Waals surface area (Å²) in [4.78, 5) is 12.8. The summed E-state index contributed by atoms with van der Waals surface area (Å²) < 4.78 is 0. The van der Waals surface area contributed by atoms with E-state index in [0.717, 1.165) is 28.0 Å². The summed E-state index contributed by atoms with van der Waals surface area (Å²) in [6.07, 6.45) is 0. The molecule has 0 bridgehead atoms. The standard InChI is InChI=1S/C21H12Cl3NO/c22-14-6-7-18-17(11-14)20(21(26)25-18)19(12-4-2-1-3-5-12)13-8-15(23)10-16(24)9-13/h1-11H,(H,25,26)/b20-19+. The molecule has 0 spiro atoms. The molecule has 4 rings (SSSR count). The van der Waals surface area contributed by atoms with Crippen molar-refractivity contribution in [2.24, 2.45) is 0 Å². The van der Waals surface area contributed by atoms with Crippen molar-refractivity contribution in [1.29, 1.82) is 0 Å². The van der Waals surface area contributed by atoms with Crippen molar-refractivity contribution in [3.63, 3.8) is 0 Å². The van der Waals surface area contributed by atoms with E-state index in [1.54, 1.807) is 36.4 Å². The fourth-order valence-corrected chi connectivity index (χ4v) is 3.84. The van der Waals surface area contributed by atoms with E-state index in [9.17, 15) is 4.79 Å². The van der Waals surface area contributed by atoms with Crippen LogP contribution in [0.25, 0.3) is 11.1 Å². The summed E-state index contributed by atoms with van der Waals surface area (Å²) in [7, 11) is 0. The van der Waals surface area contributed by atoms with Crippen LogP contribution in [0.5, 0.6) is 0 Å². The molecule has 0 unspecified atom stereocenters. The van der Waals surface area contributed by atoms with Crippen LogP contribution in [0, 0.1) is 0 Å². The number of anilines is 1. The molecule has 1 amide bonds. The lowest BCUT2D eigenvalue weighted by Crippen LogP contribution is -2.06. The third-order valence-electron chi connectivity index (χ3n) is 4.19. The molecule has 1 N–H and O–H groups in total. The maximum Gasteiger partial charge on any atom is 0.257 e. The van der Waals surface area contributed by atoms with E-state index in [-0.39, 0.29) is 5.91 Å². The minimum atomic E-state index is -0.183. The number of nitrogens with one attached hydrogen (secondary N) is 1. The minimum Gasteiger partial charge on any atom is -0.321 e. The van der Waals surface area contributed by atoms with E-state index in [1.165, 1.54) is 0 Å². The Morgan fingerprint density at radius 3 is 2.12 bits per heavy atom. The van der Waals surface area contributed by atoms with Gasteiger partial charge in [0.1, 0.15) is 0 Å². The summed E-state index contributed by atoms with van der Waals surface area (Å²) in [6.45, 7) is 0. The van der Waals surface area contributed by atoms with Gasteiger partial charge in [-0.3, -0.25) is 4.79 Å². The van der Waals surface area contributed by atoms with Gasteiger partial charge >= 0.3 is 0 Å². The van der Waals surface area contributed by atoms with Crippen molar-refractivity contribution in [1.82, 2.24) is 0 Å². The molecule has 1 heterocycles. The van der Waals surface area contributed by atoms with Crippen molar-refractivity contribution in [2.45, 2.75) is 0 Å². The van der Waals surface area contributed by atoms with Gasteiger partial charge in [-0.1, -0.05) is 65.1 Å². The maximum atomic E-state index is 12.8. The number of halogens is 3. The van der Waals surface area contributed by atoms with Crippen LogP contribution in [0.2, 0.25) is 15.1 Å². The molecule has 3 aromatic carbocycles. The number of carbonyl (C=O) groups is 1. The summed E-state index contributed by atoms with van der Waals surface area (Å²) in [5, 5.41) is 4.48. The molecule has 5 heteroatoms. The zero-order valence-corrected chi connectivity index (χ0v) is 15.7. The van der Waals surface area contributed by atoms with Crippen LogP contribution in [-0.4, -0.2) is 5.91 Å². The van der Waals surface area contributed by atoms with Gasteiger partial charge in [0.05, 0.1) is 5.57 Å². The van der Waals surface area contributed by atoms with Gasteiger partial charge in [-0.15, -0.1) is 0 Å². The Kier molecular flexibility index (Phi) is 4.49. The smallest absolute Gasteiger partial charge is 0.257 e. The highest BCUT2D eigenvalue weighted by Gasteiger charge is 2.29. The second-order valence-electron chi connectivity index (χ2n) is 5.92. The van der Waals surface area contributed by atoms with E-state index in [4.69, 9.17) is 34.8 Å². The van der Waals surface area contributed by atoms with Gasteiger partial charge in [0.25, 0.3) is 5.91 Å². The lowest BCUT2D eigenvalue weighted by molar-refractivity contribution is -0.110. The van der Waals surface area contributed by atoms with Crippen molar-refractivity contribution in [3.05, 3.63) is 98.5 Å². The third kappa shape index (κ3) is 3.12. The maximum absolute atomic E-state index is 12.8. The van der Waals surface area contributed by atoms with Crippen LogP contribution in [0.4, 0.5) is 5.69 Å². The Morgan fingerprint density at radius 2 is 1.42 bits per heavy atom. The first-order valence-electron chi connectivity index (χ1n) is 7.90. The zero-order chi connectivity index (χ0) is 18.3. The van der Waals surface area contributed by atoms with Crippen molar-refractivity contribution in [2.75, 3.05) is 5.32 Å². The SMILES string of the molecule is O=C1Nc2ccc(Cl)cc2/C1=C(/c1ccccc1)c1cc(Cl)cc(Cl)c1. The Balaban J connectivity index is 2.08. The van der Waals surface area contributed by atoms with Crippen LogP contribution in [0.1, 0.15) is 16.7 Å². The topological polar surface area (TPSA) is 29.1 Å². The van der Waals surface area contributed by atoms with Crippen LogP contribution in [-0.2, 0) is 4.79 Å². The van der Waals surface area contributed by atoms with Crippen molar-refractivity contribution >= 4 is 57.5 Å². The molecule has 0 fully saturated rings. The molecule has 26 heavy (non-hydrogen) atoms. The normalized spacial score (nSPS) is 14.8. The second kappa shape index (κ2) is 6.81. The average Bonchev–Trinajstić information content (AvgIpc) is 2.91. The fourth-order valence-electron chi connectivity index (χ4n) is 3.15. The summed E-state index contributed by atoms with van der Waals surface area (Å²) in [5.74, 6) is -0.183. The second-order valence-corrected chi connectivity index (χ2v) is 7.23. The molecule has 0 aliphatic carbocycles. The lowest BCUT2D eigenvalue weighted by Gasteiger charge is -2.13. The van der Waals surface area contributed by atoms with Gasteiger partial charge in [-0.2, -0.15) is 0 Å². The summed E-state index contributed by atoms with van der Waals surface area (Å²) in [6, 6.07) is 20.3. The van der Waals surface area contributed by atoms with Gasteiger partial charge in [0.2, 0.25) is 0 Å². The number of benzene rings is 3. The van der Waals surface area contributed by atoms with Crippen LogP contribution in [0.3, 0.4) is 0 Å². The molecule has 0 radical (unpaired) electrons. The summed E-state index contributed by atoms with van der Waals surface area (Å²) in [5.41, 5.74) is 4.46. The van der Waals surface area contributed by atoms with Crippen LogP contribution < -0.4 is 5.32 Å². The zero-order valence-electron chi connectivity index (χ0n) is 13.4. The average molecular weight is 401 g/mol.